The lowest BCUT2D eigenvalue weighted by atomic mass is 10.3. The number of primary amides is 1. The standard InChI is InChI=1S/C9H11N3O/c1-2-12-7-8(6-11-12)4-3-5-9(10)13/h6-7H,2,5H2,1H3,(H2,10,13). The molecule has 4 heteroatoms. The van der Waals surface area contributed by atoms with Gasteiger partial charge in [-0.15, -0.1) is 0 Å². The van der Waals surface area contributed by atoms with Gasteiger partial charge in [0.05, 0.1) is 18.2 Å². The molecule has 68 valence electrons. The Bertz CT molecular complexity index is 356. The number of hydrogen-bond acceptors (Lipinski definition) is 2. The fourth-order valence-electron chi connectivity index (χ4n) is 0.834. The molecule has 0 spiro atoms. The van der Waals surface area contributed by atoms with Crippen molar-refractivity contribution in [2.75, 3.05) is 0 Å². The molecule has 1 aromatic rings. The zero-order chi connectivity index (χ0) is 9.68. The van der Waals surface area contributed by atoms with E-state index in [0.29, 0.717) is 0 Å². The summed E-state index contributed by atoms with van der Waals surface area (Å²) >= 11 is 0. The van der Waals surface area contributed by atoms with Gasteiger partial charge < -0.3 is 5.73 Å². The monoisotopic (exact) mass is 177 g/mol. The topological polar surface area (TPSA) is 60.9 Å². The first kappa shape index (κ1) is 9.33. The second-order valence-corrected chi connectivity index (χ2v) is 2.53. The number of amides is 1. The summed E-state index contributed by atoms with van der Waals surface area (Å²) in [6, 6.07) is 0. The molecule has 0 aromatic carbocycles. The van der Waals surface area contributed by atoms with Gasteiger partial charge in [-0.05, 0) is 6.92 Å². The summed E-state index contributed by atoms with van der Waals surface area (Å²) in [6.07, 6.45) is 3.59. The molecule has 0 aliphatic rings. The van der Waals surface area contributed by atoms with E-state index in [1.807, 2.05) is 13.1 Å². The zero-order valence-corrected chi connectivity index (χ0v) is 7.45. The predicted octanol–water partition coefficient (Wildman–Crippen LogP) is 0.130. The predicted molar refractivity (Wildman–Crippen MR) is 48.6 cm³/mol. The third kappa shape index (κ3) is 2.99. The smallest absolute Gasteiger partial charge is 0.229 e. The molecule has 0 saturated heterocycles. The summed E-state index contributed by atoms with van der Waals surface area (Å²) in [6.45, 7) is 2.81. The van der Waals surface area contributed by atoms with Gasteiger partial charge in [-0.2, -0.15) is 5.10 Å². The highest BCUT2D eigenvalue weighted by atomic mass is 16.1. The fourth-order valence-corrected chi connectivity index (χ4v) is 0.834. The van der Waals surface area contributed by atoms with E-state index in [-0.39, 0.29) is 6.42 Å². The molecule has 0 aliphatic carbocycles. The van der Waals surface area contributed by atoms with Gasteiger partial charge >= 0.3 is 0 Å². The Hall–Kier alpha value is -1.76. The lowest BCUT2D eigenvalue weighted by Gasteiger charge is -1.88. The third-order valence-electron chi connectivity index (χ3n) is 1.45. The zero-order valence-electron chi connectivity index (χ0n) is 7.45. The Labute approximate surface area is 76.7 Å². The molecule has 1 amide bonds. The second-order valence-electron chi connectivity index (χ2n) is 2.53. The van der Waals surface area contributed by atoms with E-state index in [0.717, 1.165) is 12.1 Å². The fraction of sp³-hybridized carbons (Fsp3) is 0.333. The maximum absolute atomic E-state index is 10.3. The van der Waals surface area contributed by atoms with Gasteiger partial charge in [0, 0.05) is 12.7 Å². The second kappa shape index (κ2) is 4.31. The normalized spacial score (nSPS) is 9.00. The minimum atomic E-state index is -0.407. The minimum absolute atomic E-state index is 0.0945. The quantitative estimate of drug-likeness (QED) is 0.653. The van der Waals surface area contributed by atoms with E-state index in [9.17, 15) is 4.79 Å². The van der Waals surface area contributed by atoms with Gasteiger partial charge in [0.15, 0.2) is 0 Å². The van der Waals surface area contributed by atoms with Crippen LogP contribution < -0.4 is 5.73 Å². The summed E-state index contributed by atoms with van der Waals surface area (Å²) < 4.78 is 1.77. The lowest BCUT2D eigenvalue weighted by Crippen LogP contribution is -2.08. The van der Waals surface area contributed by atoms with Crippen molar-refractivity contribution >= 4 is 5.91 Å². The number of nitrogens with zero attached hydrogens (tertiary/aromatic N) is 2. The van der Waals surface area contributed by atoms with Crippen molar-refractivity contribution in [3.8, 4) is 11.8 Å². The van der Waals surface area contributed by atoms with Gasteiger partial charge in [0.1, 0.15) is 0 Å². The van der Waals surface area contributed by atoms with Gasteiger partial charge in [-0.3, -0.25) is 9.48 Å². The Kier molecular flexibility index (Phi) is 3.09. The maximum atomic E-state index is 10.3. The number of aromatic nitrogens is 2. The average molecular weight is 177 g/mol. The molecule has 1 rings (SSSR count). The molecule has 2 N–H and O–H groups in total. The van der Waals surface area contributed by atoms with Crippen LogP contribution >= 0.6 is 0 Å². The Morgan fingerprint density at radius 3 is 3.08 bits per heavy atom. The molecule has 0 unspecified atom stereocenters. The first-order valence-corrected chi connectivity index (χ1v) is 4.02. The van der Waals surface area contributed by atoms with Crippen molar-refractivity contribution in [3.63, 3.8) is 0 Å². The summed E-state index contributed by atoms with van der Waals surface area (Å²) in [5.41, 5.74) is 5.73. The van der Waals surface area contributed by atoms with E-state index in [4.69, 9.17) is 5.73 Å². The van der Waals surface area contributed by atoms with Crippen LogP contribution in [0.5, 0.6) is 0 Å². The molecule has 13 heavy (non-hydrogen) atoms. The van der Waals surface area contributed by atoms with Crippen LogP contribution in [0.4, 0.5) is 0 Å². The van der Waals surface area contributed by atoms with Crippen molar-refractivity contribution in [2.24, 2.45) is 5.73 Å². The van der Waals surface area contributed by atoms with Gasteiger partial charge in [0.25, 0.3) is 0 Å². The van der Waals surface area contributed by atoms with Crippen LogP contribution in [0.25, 0.3) is 0 Å². The molecular formula is C9H11N3O. The first-order valence-electron chi connectivity index (χ1n) is 4.02. The van der Waals surface area contributed by atoms with Crippen molar-refractivity contribution < 1.29 is 4.79 Å². The van der Waals surface area contributed by atoms with E-state index in [1.165, 1.54) is 0 Å². The molecule has 0 radical (unpaired) electrons. The maximum Gasteiger partial charge on any atom is 0.229 e. The average Bonchev–Trinajstić information content (AvgIpc) is 2.52. The van der Waals surface area contributed by atoms with Crippen LogP contribution in [-0.2, 0) is 11.3 Å². The van der Waals surface area contributed by atoms with Crippen molar-refractivity contribution in [1.82, 2.24) is 9.78 Å². The van der Waals surface area contributed by atoms with Crippen LogP contribution in [-0.4, -0.2) is 15.7 Å². The SMILES string of the molecule is CCn1cc(C#CCC(N)=O)cn1. The Morgan fingerprint density at radius 1 is 1.77 bits per heavy atom. The van der Waals surface area contributed by atoms with Crippen LogP contribution in [0, 0.1) is 11.8 Å². The van der Waals surface area contributed by atoms with E-state index in [2.05, 4.69) is 16.9 Å². The third-order valence-corrected chi connectivity index (χ3v) is 1.45. The molecule has 1 aromatic heterocycles. The van der Waals surface area contributed by atoms with Gasteiger partial charge in [0.2, 0.25) is 5.91 Å². The van der Waals surface area contributed by atoms with Gasteiger partial charge in [-0.1, -0.05) is 11.8 Å². The Balaban J connectivity index is 2.61. The largest absolute Gasteiger partial charge is 0.369 e. The number of carbonyl (C=O) groups excluding carboxylic acids is 1. The number of rotatable bonds is 2. The number of nitrogens with two attached hydrogens (primary N) is 1. The molecule has 0 saturated carbocycles. The van der Waals surface area contributed by atoms with Crippen molar-refractivity contribution in [2.45, 2.75) is 19.9 Å². The lowest BCUT2D eigenvalue weighted by molar-refractivity contribution is -0.117. The number of hydrogen-bond donors (Lipinski definition) is 1. The Morgan fingerprint density at radius 2 is 2.54 bits per heavy atom. The summed E-state index contributed by atoms with van der Waals surface area (Å²) in [5.74, 6) is 5.05. The number of carbonyl (C=O) groups is 1. The van der Waals surface area contributed by atoms with Crippen molar-refractivity contribution in [1.29, 1.82) is 0 Å². The molecule has 1 heterocycles. The summed E-state index contributed by atoms with van der Waals surface area (Å²) in [5, 5.41) is 4.03. The minimum Gasteiger partial charge on any atom is -0.369 e. The van der Waals surface area contributed by atoms with E-state index < -0.39 is 5.91 Å². The summed E-state index contributed by atoms with van der Waals surface area (Å²) in [7, 11) is 0. The van der Waals surface area contributed by atoms with Gasteiger partial charge in [-0.25, -0.2) is 0 Å². The molecule has 0 fully saturated rings. The summed E-state index contributed by atoms with van der Waals surface area (Å²) in [4.78, 5) is 10.3. The highest BCUT2D eigenvalue weighted by molar-refractivity contribution is 5.76. The molecule has 0 atom stereocenters. The number of aryl methyl sites for hydroxylation is 1. The van der Waals surface area contributed by atoms with Crippen molar-refractivity contribution in [3.05, 3.63) is 18.0 Å². The van der Waals surface area contributed by atoms with Crippen LogP contribution in [0.3, 0.4) is 0 Å². The molecule has 4 nitrogen and oxygen atoms in total. The molecular weight excluding hydrogens is 166 g/mol. The highest BCUT2D eigenvalue weighted by Gasteiger charge is 1.91. The highest BCUT2D eigenvalue weighted by Crippen LogP contribution is 1.94. The van der Waals surface area contributed by atoms with Crippen LogP contribution in [0.2, 0.25) is 0 Å². The molecule has 0 bridgehead atoms. The van der Waals surface area contributed by atoms with E-state index in [1.54, 1.807) is 10.9 Å². The molecule has 0 aliphatic heterocycles. The van der Waals surface area contributed by atoms with Crippen LogP contribution in [0.15, 0.2) is 12.4 Å². The van der Waals surface area contributed by atoms with Crippen LogP contribution in [0.1, 0.15) is 18.9 Å². The van der Waals surface area contributed by atoms with E-state index >= 15 is 0 Å². The first-order chi connectivity index (χ1) is 6.22.